The van der Waals surface area contributed by atoms with Gasteiger partial charge in [-0.1, -0.05) is 57.6 Å². The van der Waals surface area contributed by atoms with Crippen molar-refractivity contribution in [3.63, 3.8) is 0 Å². The Morgan fingerprint density at radius 2 is 1.73 bits per heavy atom. The van der Waals surface area contributed by atoms with Crippen LogP contribution in [-0.2, 0) is 15.0 Å². The predicted octanol–water partition coefficient (Wildman–Crippen LogP) is 4.93. The monoisotopic (exact) mass is 763 g/mol. The van der Waals surface area contributed by atoms with Gasteiger partial charge in [0, 0.05) is 73.9 Å². The molecule has 3 amide bonds. The van der Waals surface area contributed by atoms with E-state index in [1.807, 2.05) is 17.0 Å². The van der Waals surface area contributed by atoms with Crippen molar-refractivity contribution < 1.29 is 22.8 Å². The van der Waals surface area contributed by atoms with Gasteiger partial charge in [0.15, 0.2) is 0 Å². The molecule has 264 valence electrons. The maximum Gasteiger partial charge on any atom is 0.320 e. The van der Waals surface area contributed by atoms with Gasteiger partial charge in [0.2, 0.25) is 0 Å². The van der Waals surface area contributed by atoms with Gasteiger partial charge in [0.25, 0.3) is 16.1 Å². The third kappa shape index (κ3) is 10.8. The summed E-state index contributed by atoms with van der Waals surface area (Å²) in [4.78, 5) is 39.3. The quantitative estimate of drug-likeness (QED) is 0.207. The highest BCUT2D eigenvalue weighted by Gasteiger charge is 2.33. The maximum absolute atomic E-state index is 13.4. The summed E-state index contributed by atoms with van der Waals surface area (Å²) in [6, 6.07) is 10.2. The van der Waals surface area contributed by atoms with Crippen molar-refractivity contribution >= 4 is 74.3 Å². The van der Waals surface area contributed by atoms with Gasteiger partial charge in [-0.15, -0.1) is 0 Å². The van der Waals surface area contributed by atoms with Gasteiger partial charge < -0.3 is 24.4 Å². The molecular weight excluding hydrogens is 724 g/mol. The number of benzene rings is 2. The van der Waals surface area contributed by atoms with Crippen LogP contribution in [0.15, 0.2) is 41.6 Å². The number of nitrogens with two attached hydrogens (primary N) is 1. The number of nitrogens with zero attached hydrogens (tertiary/aromatic N) is 5. The number of carbonyl (C=O) groups is 2. The molecule has 0 spiro atoms. The van der Waals surface area contributed by atoms with E-state index >= 15 is 0 Å². The van der Waals surface area contributed by atoms with E-state index in [2.05, 4.69) is 14.8 Å². The second-order valence-electron chi connectivity index (χ2n) is 11.9. The number of piperidine rings is 1. The van der Waals surface area contributed by atoms with Gasteiger partial charge in [0.1, 0.15) is 7.11 Å². The van der Waals surface area contributed by atoms with E-state index in [9.17, 15) is 18.0 Å². The Morgan fingerprint density at radius 3 is 2.35 bits per heavy atom. The Kier molecular flexibility index (Phi) is 14.0. The fourth-order valence-electron chi connectivity index (χ4n) is 6.23. The normalized spacial score (nSPS) is 17.5. The number of rotatable bonds is 14. The standard InChI is InChI=1S/C31H41Cl4N7O5S/c1-39(30(43)22-16-23(32)19-24(33)17-22)20-29(38-47-2)26(21-4-5-27(34)28(35)18-21)8-14-40-12-6-25(7-13-40)42-11-3-10-41(31(42)44)15-9-37-48(36,45)46/h4-5,16-19,25-26,37H,3,6-15,20H2,1-2H3,(H2,36,45,46)/b38-29+/t26-/m1/s1. The van der Waals surface area contributed by atoms with E-state index in [-0.39, 0.29) is 43.5 Å². The Hall–Kier alpha value is -2.36. The highest BCUT2D eigenvalue weighted by Crippen LogP contribution is 2.31. The van der Waals surface area contributed by atoms with Crippen molar-refractivity contribution in [3.8, 4) is 0 Å². The summed E-state index contributed by atoms with van der Waals surface area (Å²) >= 11 is 25.0. The first kappa shape index (κ1) is 38.4. The molecule has 2 heterocycles. The van der Waals surface area contributed by atoms with Crippen LogP contribution in [0.5, 0.6) is 0 Å². The van der Waals surface area contributed by atoms with Crippen molar-refractivity contribution in [2.75, 3.05) is 66.5 Å². The molecule has 2 aliphatic rings. The number of oxime groups is 1. The van der Waals surface area contributed by atoms with Crippen molar-refractivity contribution in [3.05, 3.63) is 67.6 Å². The maximum atomic E-state index is 13.4. The molecule has 0 unspecified atom stereocenters. The molecule has 2 fully saturated rings. The lowest BCUT2D eigenvalue weighted by molar-refractivity contribution is 0.0786. The Labute approximate surface area is 302 Å². The van der Waals surface area contributed by atoms with Crippen LogP contribution in [0, 0.1) is 0 Å². The molecule has 0 aromatic heterocycles. The van der Waals surface area contributed by atoms with Crippen LogP contribution in [-0.4, -0.2) is 118 Å². The van der Waals surface area contributed by atoms with E-state index in [4.69, 9.17) is 56.4 Å². The number of hydrogen-bond acceptors (Lipinski definition) is 7. The van der Waals surface area contributed by atoms with Crippen molar-refractivity contribution in [1.82, 2.24) is 24.3 Å². The predicted molar refractivity (Wildman–Crippen MR) is 191 cm³/mol. The number of hydrogen-bond donors (Lipinski definition) is 2. The first-order valence-electron chi connectivity index (χ1n) is 15.6. The lowest BCUT2D eigenvalue weighted by Gasteiger charge is -2.43. The summed E-state index contributed by atoms with van der Waals surface area (Å²) in [5, 5.41) is 11.0. The number of likely N-dealkylation sites (tertiary alicyclic amines) is 1. The highest BCUT2D eigenvalue weighted by molar-refractivity contribution is 7.87. The van der Waals surface area contributed by atoms with E-state index in [0.717, 1.165) is 44.5 Å². The lowest BCUT2D eigenvalue weighted by Crippen LogP contribution is -2.56. The van der Waals surface area contributed by atoms with Crippen molar-refractivity contribution in [1.29, 1.82) is 0 Å². The summed E-state index contributed by atoms with van der Waals surface area (Å²) in [5.74, 6) is -0.525. The van der Waals surface area contributed by atoms with Crippen molar-refractivity contribution in [2.24, 2.45) is 10.3 Å². The van der Waals surface area contributed by atoms with Gasteiger partial charge in [-0.2, -0.15) is 8.42 Å². The molecule has 2 aliphatic heterocycles. The Balaban J connectivity index is 1.42. The van der Waals surface area contributed by atoms with Crippen molar-refractivity contribution in [2.45, 2.75) is 37.6 Å². The number of amides is 3. The zero-order valence-corrected chi connectivity index (χ0v) is 30.7. The molecule has 12 nitrogen and oxygen atoms in total. The molecule has 48 heavy (non-hydrogen) atoms. The first-order valence-corrected chi connectivity index (χ1v) is 18.6. The largest absolute Gasteiger partial charge is 0.399 e. The zero-order chi connectivity index (χ0) is 35.0. The average Bonchev–Trinajstić information content (AvgIpc) is 3.02. The van der Waals surface area contributed by atoms with Crippen LogP contribution >= 0.6 is 46.4 Å². The molecule has 0 saturated carbocycles. The second-order valence-corrected chi connectivity index (χ2v) is 15.0. The number of nitrogens with one attached hydrogen (secondary N) is 1. The first-order chi connectivity index (χ1) is 22.8. The van der Waals surface area contributed by atoms with Crippen LogP contribution in [0.3, 0.4) is 0 Å². The van der Waals surface area contributed by atoms with Crippen LogP contribution in [0.1, 0.15) is 47.5 Å². The second kappa shape index (κ2) is 17.5. The van der Waals surface area contributed by atoms with E-state index in [1.54, 1.807) is 41.1 Å². The smallest absolute Gasteiger partial charge is 0.320 e. The molecule has 4 rings (SSSR count). The molecule has 0 radical (unpaired) electrons. The minimum absolute atomic E-state index is 0.0735. The van der Waals surface area contributed by atoms with Crippen LogP contribution in [0.2, 0.25) is 20.1 Å². The highest BCUT2D eigenvalue weighted by atomic mass is 35.5. The van der Waals surface area contributed by atoms with Crippen LogP contribution in [0.25, 0.3) is 0 Å². The number of carbonyl (C=O) groups excluding carboxylic acids is 2. The molecule has 2 saturated heterocycles. The fourth-order valence-corrected chi connectivity index (χ4v) is 7.44. The van der Waals surface area contributed by atoms with E-state index < -0.39 is 10.2 Å². The minimum atomic E-state index is -3.81. The fraction of sp³-hybridized carbons (Fsp3) is 0.516. The lowest BCUT2D eigenvalue weighted by atomic mass is 9.89. The molecule has 2 aromatic rings. The van der Waals surface area contributed by atoms with Gasteiger partial charge >= 0.3 is 6.03 Å². The number of urea groups is 1. The van der Waals surface area contributed by atoms with Crippen LogP contribution in [0.4, 0.5) is 4.79 Å². The SMILES string of the molecule is CO/N=C(\CN(C)C(=O)c1cc(Cl)cc(Cl)c1)[C@H](CCN1CCC(N2CCCN(CCNS(N)(=O)=O)C2=O)CC1)c1ccc(Cl)c(Cl)c1. The molecular formula is C31H41Cl4N7O5S. The summed E-state index contributed by atoms with van der Waals surface area (Å²) in [6.07, 6.45) is 3.09. The van der Waals surface area contributed by atoms with Gasteiger partial charge in [0.05, 0.1) is 22.3 Å². The summed E-state index contributed by atoms with van der Waals surface area (Å²) in [6.45, 7) is 4.07. The zero-order valence-electron chi connectivity index (χ0n) is 26.9. The summed E-state index contributed by atoms with van der Waals surface area (Å²) in [5.41, 5.74) is 1.87. The number of halogens is 4. The Bertz CT molecular complexity index is 1570. The summed E-state index contributed by atoms with van der Waals surface area (Å²) < 4.78 is 24.7. The summed E-state index contributed by atoms with van der Waals surface area (Å²) in [7, 11) is -0.663. The van der Waals surface area contributed by atoms with Gasteiger partial charge in [-0.3, -0.25) is 4.79 Å². The van der Waals surface area contributed by atoms with E-state index in [0.29, 0.717) is 50.9 Å². The third-order valence-electron chi connectivity index (χ3n) is 8.57. The average molecular weight is 766 g/mol. The molecule has 2 aromatic carbocycles. The topological polar surface area (TPSA) is 141 Å². The Morgan fingerprint density at radius 1 is 1.04 bits per heavy atom. The molecule has 0 bridgehead atoms. The third-order valence-corrected chi connectivity index (χ3v) is 10.4. The van der Waals surface area contributed by atoms with Gasteiger partial charge in [-0.25, -0.2) is 14.7 Å². The van der Waals surface area contributed by atoms with Crippen LogP contribution < -0.4 is 9.86 Å². The molecule has 17 heteroatoms. The minimum Gasteiger partial charge on any atom is -0.399 e. The molecule has 0 aliphatic carbocycles. The van der Waals surface area contributed by atoms with E-state index in [1.165, 1.54) is 7.11 Å². The molecule has 3 N–H and O–H groups in total. The molecule has 1 atom stereocenters. The van der Waals surface area contributed by atoms with Gasteiger partial charge in [-0.05, 0) is 68.1 Å².